The largest absolute Gasteiger partial charge is 0.292 e. The fourth-order valence-electron chi connectivity index (χ4n) is 1.61. The summed E-state index contributed by atoms with van der Waals surface area (Å²) in [6, 6.07) is 7.60. The Hall–Kier alpha value is -0.820. The Balaban J connectivity index is 2.57. The summed E-state index contributed by atoms with van der Waals surface area (Å²) in [6.07, 6.45) is 0.656. The van der Waals surface area contributed by atoms with Crippen molar-refractivity contribution in [2.75, 3.05) is 0 Å². The number of hydrogen-bond acceptors (Lipinski definition) is 1. The van der Waals surface area contributed by atoms with Crippen LogP contribution in [0.4, 0.5) is 0 Å². The number of carbonyl (C=O) groups excluding carboxylic acids is 1. The molecule has 1 aliphatic carbocycles. The van der Waals surface area contributed by atoms with E-state index < -0.39 is 4.87 Å². The normalized spacial score (nSPS) is 27.3. The SMILES string of the molecule is C[C@]1(Cl)Cc2ccccc2C1=O. The lowest BCUT2D eigenvalue weighted by Gasteiger charge is -2.09. The smallest absolute Gasteiger partial charge is 0.184 e. The molecule has 12 heavy (non-hydrogen) atoms. The monoisotopic (exact) mass is 180 g/mol. The number of alkyl halides is 1. The van der Waals surface area contributed by atoms with E-state index >= 15 is 0 Å². The second-order valence-corrected chi connectivity index (χ2v) is 4.19. The van der Waals surface area contributed by atoms with E-state index in [9.17, 15) is 4.79 Å². The van der Waals surface area contributed by atoms with Crippen LogP contribution in [0.15, 0.2) is 24.3 Å². The lowest BCUT2D eigenvalue weighted by atomic mass is 10.1. The number of fused-ring (bicyclic) bond motifs is 1. The molecule has 0 spiro atoms. The maximum atomic E-state index is 11.6. The Morgan fingerprint density at radius 3 is 2.75 bits per heavy atom. The van der Waals surface area contributed by atoms with Gasteiger partial charge >= 0.3 is 0 Å². The second kappa shape index (κ2) is 2.33. The maximum Gasteiger partial charge on any atom is 0.184 e. The molecule has 0 fully saturated rings. The molecule has 62 valence electrons. The van der Waals surface area contributed by atoms with Gasteiger partial charge in [-0.1, -0.05) is 24.3 Å². The number of ketones is 1. The minimum absolute atomic E-state index is 0.0553. The maximum absolute atomic E-state index is 11.6. The summed E-state index contributed by atoms with van der Waals surface area (Å²) in [5, 5.41) is 0. The highest BCUT2D eigenvalue weighted by atomic mass is 35.5. The zero-order valence-electron chi connectivity index (χ0n) is 6.80. The quantitative estimate of drug-likeness (QED) is 0.561. The molecule has 0 radical (unpaired) electrons. The number of carbonyl (C=O) groups is 1. The highest BCUT2D eigenvalue weighted by molar-refractivity contribution is 6.39. The fraction of sp³-hybridized carbons (Fsp3) is 0.300. The van der Waals surface area contributed by atoms with E-state index in [-0.39, 0.29) is 5.78 Å². The molecular weight excluding hydrogens is 172 g/mol. The molecule has 1 aliphatic rings. The van der Waals surface area contributed by atoms with Crippen molar-refractivity contribution in [2.24, 2.45) is 0 Å². The fourth-order valence-corrected chi connectivity index (χ4v) is 1.86. The first-order chi connectivity index (χ1) is 5.61. The molecule has 2 heteroatoms. The molecular formula is C10H9ClO. The summed E-state index contributed by atoms with van der Waals surface area (Å²) in [5.41, 5.74) is 1.86. The first kappa shape index (κ1) is 7.81. The van der Waals surface area contributed by atoms with E-state index in [0.29, 0.717) is 6.42 Å². The minimum atomic E-state index is -0.705. The molecule has 0 aliphatic heterocycles. The molecule has 1 aromatic carbocycles. The lowest BCUT2D eigenvalue weighted by Crippen LogP contribution is -2.23. The van der Waals surface area contributed by atoms with Crippen molar-refractivity contribution in [3.05, 3.63) is 35.4 Å². The van der Waals surface area contributed by atoms with Crippen LogP contribution in [0.2, 0.25) is 0 Å². The van der Waals surface area contributed by atoms with Crippen molar-refractivity contribution in [1.29, 1.82) is 0 Å². The van der Waals surface area contributed by atoms with Crippen LogP contribution >= 0.6 is 11.6 Å². The van der Waals surface area contributed by atoms with Gasteiger partial charge in [0.2, 0.25) is 0 Å². The van der Waals surface area contributed by atoms with Crippen molar-refractivity contribution >= 4 is 17.4 Å². The van der Waals surface area contributed by atoms with Gasteiger partial charge in [-0.2, -0.15) is 0 Å². The first-order valence-electron chi connectivity index (χ1n) is 3.93. The van der Waals surface area contributed by atoms with Crippen molar-refractivity contribution in [3.63, 3.8) is 0 Å². The Kier molecular flexibility index (Phi) is 1.52. The minimum Gasteiger partial charge on any atom is -0.292 e. The highest BCUT2D eigenvalue weighted by Crippen LogP contribution is 2.34. The molecule has 1 atom stereocenters. The van der Waals surface area contributed by atoms with Crippen molar-refractivity contribution in [2.45, 2.75) is 18.2 Å². The van der Waals surface area contributed by atoms with Gasteiger partial charge in [-0.25, -0.2) is 0 Å². The Bertz CT molecular complexity index is 341. The van der Waals surface area contributed by atoms with Crippen LogP contribution in [0.5, 0.6) is 0 Å². The molecule has 0 saturated carbocycles. The molecule has 1 aromatic rings. The Labute approximate surface area is 76.4 Å². The van der Waals surface area contributed by atoms with Gasteiger partial charge in [0, 0.05) is 5.56 Å². The number of hydrogen-bond donors (Lipinski definition) is 0. The van der Waals surface area contributed by atoms with Crippen molar-refractivity contribution < 1.29 is 4.79 Å². The number of halogens is 1. The lowest BCUT2D eigenvalue weighted by molar-refractivity contribution is 0.0961. The Morgan fingerprint density at radius 2 is 2.08 bits per heavy atom. The van der Waals surface area contributed by atoms with Gasteiger partial charge in [0.15, 0.2) is 5.78 Å². The third-order valence-corrected chi connectivity index (χ3v) is 2.56. The number of rotatable bonds is 0. The topological polar surface area (TPSA) is 17.1 Å². The highest BCUT2D eigenvalue weighted by Gasteiger charge is 2.39. The van der Waals surface area contributed by atoms with Crippen LogP contribution in [-0.2, 0) is 6.42 Å². The predicted molar refractivity (Wildman–Crippen MR) is 48.7 cm³/mol. The van der Waals surface area contributed by atoms with Gasteiger partial charge in [0.1, 0.15) is 4.87 Å². The van der Waals surface area contributed by atoms with Crippen LogP contribution < -0.4 is 0 Å². The molecule has 0 bridgehead atoms. The third-order valence-electron chi connectivity index (χ3n) is 2.26. The second-order valence-electron chi connectivity index (χ2n) is 3.36. The van der Waals surface area contributed by atoms with Crippen molar-refractivity contribution in [1.82, 2.24) is 0 Å². The average molecular weight is 181 g/mol. The molecule has 0 saturated heterocycles. The summed E-state index contributed by atoms with van der Waals surface area (Å²) in [6.45, 7) is 1.77. The average Bonchev–Trinajstić information content (AvgIpc) is 2.24. The third kappa shape index (κ3) is 0.969. The van der Waals surface area contributed by atoms with Crippen LogP contribution in [0.1, 0.15) is 22.8 Å². The first-order valence-corrected chi connectivity index (χ1v) is 4.31. The van der Waals surface area contributed by atoms with E-state index in [1.54, 1.807) is 6.92 Å². The summed E-state index contributed by atoms with van der Waals surface area (Å²) in [4.78, 5) is 10.9. The molecule has 0 heterocycles. The van der Waals surface area contributed by atoms with E-state index in [1.807, 2.05) is 24.3 Å². The van der Waals surface area contributed by atoms with Gasteiger partial charge in [0.05, 0.1) is 0 Å². The molecule has 0 N–H and O–H groups in total. The van der Waals surface area contributed by atoms with Crippen LogP contribution in [0.3, 0.4) is 0 Å². The number of benzene rings is 1. The molecule has 0 aromatic heterocycles. The standard InChI is InChI=1S/C10H9ClO/c1-10(11)6-7-4-2-3-5-8(7)9(10)12/h2-5H,6H2,1H3/t10-/m0/s1. The molecule has 1 nitrogen and oxygen atoms in total. The number of Topliss-reactive ketones (excluding diaryl/α,β-unsaturated/α-hetero) is 1. The van der Waals surface area contributed by atoms with Gasteiger partial charge in [-0.05, 0) is 18.9 Å². The van der Waals surface area contributed by atoms with Gasteiger partial charge < -0.3 is 0 Å². The van der Waals surface area contributed by atoms with Gasteiger partial charge in [0.25, 0.3) is 0 Å². The Morgan fingerprint density at radius 1 is 1.42 bits per heavy atom. The van der Waals surface area contributed by atoms with E-state index in [0.717, 1.165) is 11.1 Å². The zero-order valence-corrected chi connectivity index (χ0v) is 7.56. The summed E-state index contributed by atoms with van der Waals surface area (Å²) in [7, 11) is 0. The molecule has 0 unspecified atom stereocenters. The summed E-state index contributed by atoms with van der Waals surface area (Å²) >= 11 is 6.03. The molecule has 0 amide bonds. The predicted octanol–water partition coefficient (Wildman–Crippen LogP) is 2.42. The van der Waals surface area contributed by atoms with Crippen molar-refractivity contribution in [3.8, 4) is 0 Å². The van der Waals surface area contributed by atoms with Gasteiger partial charge in [-0.3, -0.25) is 4.79 Å². The zero-order chi connectivity index (χ0) is 8.77. The van der Waals surface area contributed by atoms with Crippen LogP contribution in [0, 0.1) is 0 Å². The van der Waals surface area contributed by atoms with E-state index in [4.69, 9.17) is 11.6 Å². The van der Waals surface area contributed by atoms with E-state index in [1.165, 1.54) is 0 Å². The summed E-state index contributed by atoms with van der Waals surface area (Å²) in [5.74, 6) is 0.0553. The molecule has 2 rings (SSSR count). The summed E-state index contributed by atoms with van der Waals surface area (Å²) < 4.78 is 0. The van der Waals surface area contributed by atoms with Crippen LogP contribution in [-0.4, -0.2) is 10.7 Å². The van der Waals surface area contributed by atoms with Gasteiger partial charge in [-0.15, -0.1) is 11.6 Å². The van der Waals surface area contributed by atoms with E-state index in [2.05, 4.69) is 0 Å². The van der Waals surface area contributed by atoms with Crippen LogP contribution in [0.25, 0.3) is 0 Å².